The van der Waals surface area contributed by atoms with Gasteiger partial charge in [-0.15, -0.1) is 0 Å². The van der Waals surface area contributed by atoms with Crippen LogP contribution in [0.15, 0.2) is 54.6 Å². The standard InChI is InChI=1S/C18H17NO4/c1-13(20)15-7-9-16(10-8-15)19-17(21)12-23-18(22)11-14-5-3-2-4-6-14/h2-10H,11-12H2,1H3,(H,19,21). The molecular formula is C18H17NO4. The van der Waals surface area contributed by atoms with Crippen molar-refractivity contribution in [1.29, 1.82) is 0 Å². The van der Waals surface area contributed by atoms with Crippen LogP contribution in [0.25, 0.3) is 0 Å². The molecule has 23 heavy (non-hydrogen) atoms. The normalized spacial score (nSPS) is 9.96. The smallest absolute Gasteiger partial charge is 0.310 e. The maximum Gasteiger partial charge on any atom is 0.310 e. The maximum atomic E-state index is 11.7. The monoisotopic (exact) mass is 311 g/mol. The van der Waals surface area contributed by atoms with Crippen molar-refractivity contribution in [3.8, 4) is 0 Å². The van der Waals surface area contributed by atoms with Crippen molar-refractivity contribution in [2.75, 3.05) is 11.9 Å². The number of carbonyl (C=O) groups excluding carboxylic acids is 3. The first-order valence-electron chi connectivity index (χ1n) is 7.15. The molecule has 0 unspecified atom stereocenters. The van der Waals surface area contributed by atoms with Crippen LogP contribution < -0.4 is 5.32 Å². The number of rotatable bonds is 6. The van der Waals surface area contributed by atoms with Crippen molar-refractivity contribution in [2.45, 2.75) is 13.3 Å². The van der Waals surface area contributed by atoms with Crippen molar-refractivity contribution in [3.05, 3.63) is 65.7 Å². The molecule has 0 radical (unpaired) electrons. The van der Waals surface area contributed by atoms with E-state index >= 15 is 0 Å². The molecule has 0 fully saturated rings. The predicted molar refractivity (Wildman–Crippen MR) is 86.2 cm³/mol. The van der Waals surface area contributed by atoms with E-state index in [0.29, 0.717) is 11.3 Å². The number of nitrogens with one attached hydrogen (secondary N) is 1. The van der Waals surface area contributed by atoms with Crippen LogP contribution >= 0.6 is 0 Å². The molecule has 2 aromatic rings. The zero-order valence-corrected chi connectivity index (χ0v) is 12.7. The highest BCUT2D eigenvalue weighted by molar-refractivity contribution is 5.96. The number of amides is 1. The third kappa shape index (κ3) is 5.39. The van der Waals surface area contributed by atoms with Gasteiger partial charge in [0.2, 0.25) is 0 Å². The zero-order chi connectivity index (χ0) is 16.7. The molecule has 5 heteroatoms. The third-order valence-electron chi connectivity index (χ3n) is 3.13. The van der Waals surface area contributed by atoms with Gasteiger partial charge in [0.1, 0.15) is 0 Å². The van der Waals surface area contributed by atoms with Gasteiger partial charge < -0.3 is 10.1 Å². The lowest BCUT2D eigenvalue weighted by atomic mass is 10.1. The summed E-state index contributed by atoms with van der Waals surface area (Å²) in [7, 11) is 0. The topological polar surface area (TPSA) is 72.5 Å². The fourth-order valence-electron chi connectivity index (χ4n) is 1.94. The van der Waals surface area contributed by atoms with Crippen molar-refractivity contribution >= 4 is 23.3 Å². The quantitative estimate of drug-likeness (QED) is 0.657. The van der Waals surface area contributed by atoms with Gasteiger partial charge >= 0.3 is 5.97 Å². The molecule has 0 spiro atoms. The van der Waals surface area contributed by atoms with E-state index in [-0.39, 0.29) is 18.8 Å². The molecule has 0 saturated heterocycles. The number of ether oxygens (including phenoxy) is 1. The van der Waals surface area contributed by atoms with E-state index in [9.17, 15) is 14.4 Å². The lowest BCUT2D eigenvalue weighted by Gasteiger charge is -2.07. The van der Waals surface area contributed by atoms with Gasteiger partial charge in [0, 0.05) is 11.3 Å². The molecule has 118 valence electrons. The molecule has 0 aliphatic rings. The van der Waals surface area contributed by atoms with Crippen LogP contribution in [0.5, 0.6) is 0 Å². The minimum absolute atomic E-state index is 0.0438. The Morgan fingerprint density at radius 1 is 0.957 bits per heavy atom. The summed E-state index contributed by atoms with van der Waals surface area (Å²) in [5.41, 5.74) is 1.94. The third-order valence-corrected chi connectivity index (χ3v) is 3.13. The summed E-state index contributed by atoms with van der Waals surface area (Å²) in [6, 6.07) is 15.7. The molecule has 1 N–H and O–H groups in total. The van der Waals surface area contributed by atoms with Crippen LogP contribution in [0, 0.1) is 0 Å². The Hall–Kier alpha value is -2.95. The van der Waals surface area contributed by atoms with Crippen molar-refractivity contribution in [1.82, 2.24) is 0 Å². The highest BCUT2D eigenvalue weighted by Crippen LogP contribution is 2.10. The Morgan fingerprint density at radius 2 is 1.61 bits per heavy atom. The molecule has 0 aliphatic heterocycles. The predicted octanol–water partition coefficient (Wildman–Crippen LogP) is 2.61. The average Bonchev–Trinajstić information content (AvgIpc) is 2.54. The van der Waals surface area contributed by atoms with E-state index < -0.39 is 11.9 Å². The first-order valence-corrected chi connectivity index (χ1v) is 7.15. The lowest BCUT2D eigenvalue weighted by Crippen LogP contribution is -2.21. The van der Waals surface area contributed by atoms with Gasteiger partial charge in [0.15, 0.2) is 12.4 Å². The minimum atomic E-state index is -0.460. The molecule has 0 heterocycles. The number of anilines is 1. The molecule has 0 atom stereocenters. The van der Waals surface area contributed by atoms with E-state index in [2.05, 4.69) is 5.32 Å². The number of hydrogen-bond acceptors (Lipinski definition) is 4. The Bertz CT molecular complexity index is 693. The molecule has 2 rings (SSSR count). The SMILES string of the molecule is CC(=O)c1ccc(NC(=O)COC(=O)Cc2ccccc2)cc1. The molecular weight excluding hydrogens is 294 g/mol. The highest BCUT2D eigenvalue weighted by atomic mass is 16.5. The second-order valence-electron chi connectivity index (χ2n) is 5.00. The fraction of sp³-hybridized carbons (Fsp3) is 0.167. The molecule has 5 nitrogen and oxygen atoms in total. The zero-order valence-electron chi connectivity index (χ0n) is 12.7. The number of Topliss-reactive ketones (excluding diaryl/α,β-unsaturated/α-hetero) is 1. The Kier molecular flexibility index (Phi) is 5.63. The first-order chi connectivity index (χ1) is 11.0. The Labute approximate surface area is 134 Å². The summed E-state index contributed by atoms with van der Waals surface area (Å²) in [5, 5.41) is 2.60. The lowest BCUT2D eigenvalue weighted by molar-refractivity contribution is -0.146. The van der Waals surface area contributed by atoms with Crippen LogP contribution in [-0.2, 0) is 20.7 Å². The summed E-state index contributed by atoms with van der Waals surface area (Å²) in [5.74, 6) is -0.932. The summed E-state index contributed by atoms with van der Waals surface area (Å²) in [4.78, 5) is 34.5. The highest BCUT2D eigenvalue weighted by Gasteiger charge is 2.09. The largest absolute Gasteiger partial charge is 0.455 e. The number of esters is 1. The van der Waals surface area contributed by atoms with Crippen LogP contribution in [0.1, 0.15) is 22.8 Å². The van der Waals surface area contributed by atoms with E-state index in [1.54, 1.807) is 24.3 Å². The van der Waals surface area contributed by atoms with E-state index in [0.717, 1.165) is 5.56 Å². The van der Waals surface area contributed by atoms with Gasteiger partial charge in [-0.25, -0.2) is 0 Å². The fourth-order valence-corrected chi connectivity index (χ4v) is 1.94. The van der Waals surface area contributed by atoms with Crippen molar-refractivity contribution in [2.24, 2.45) is 0 Å². The van der Waals surface area contributed by atoms with Gasteiger partial charge in [-0.05, 0) is 36.8 Å². The maximum absolute atomic E-state index is 11.7. The van der Waals surface area contributed by atoms with E-state index in [1.807, 2.05) is 30.3 Å². The summed E-state index contributed by atoms with van der Waals surface area (Å²) in [6.45, 7) is 1.12. The number of benzene rings is 2. The summed E-state index contributed by atoms with van der Waals surface area (Å²) >= 11 is 0. The van der Waals surface area contributed by atoms with Crippen LogP contribution in [-0.4, -0.2) is 24.3 Å². The number of ketones is 1. The van der Waals surface area contributed by atoms with Gasteiger partial charge in [0.25, 0.3) is 5.91 Å². The average molecular weight is 311 g/mol. The van der Waals surface area contributed by atoms with Gasteiger partial charge in [-0.3, -0.25) is 14.4 Å². The molecule has 0 saturated carbocycles. The second kappa shape index (κ2) is 7.89. The second-order valence-corrected chi connectivity index (χ2v) is 5.00. The molecule has 0 aromatic heterocycles. The molecule has 0 aliphatic carbocycles. The molecule has 1 amide bonds. The van der Waals surface area contributed by atoms with Crippen LogP contribution in [0.3, 0.4) is 0 Å². The van der Waals surface area contributed by atoms with Gasteiger partial charge in [-0.2, -0.15) is 0 Å². The van der Waals surface area contributed by atoms with Gasteiger partial charge in [-0.1, -0.05) is 30.3 Å². The molecule has 2 aromatic carbocycles. The van der Waals surface area contributed by atoms with Crippen LogP contribution in [0.2, 0.25) is 0 Å². The molecule has 0 bridgehead atoms. The van der Waals surface area contributed by atoms with Gasteiger partial charge in [0.05, 0.1) is 6.42 Å². The van der Waals surface area contributed by atoms with E-state index in [1.165, 1.54) is 6.92 Å². The van der Waals surface area contributed by atoms with Crippen LogP contribution in [0.4, 0.5) is 5.69 Å². The first kappa shape index (κ1) is 16.4. The Balaban J connectivity index is 1.78. The Morgan fingerprint density at radius 3 is 2.22 bits per heavy atom. The summed E-state index contributed by atoms with van der Waals surface area (Å²) < 4.78 is 4.94. The number of carbonyl (C=O) groups is 3. The van der Waals surface area contributed by atoms with Crippen molar-refractivity contribution in [3.63, 3.8) is 0 Å². The number of hydrogen-bond donors (Lipinski definition) is 1. The van der Waals surface area contributed by atoms with Crippen molar-refractivity contribution < 1.29 is 19.1 Å². The minimum Gasteiger partial charge on any atom is -0.455 e. The summed E-state index contributed by atoms with van der Waals surface area (Å²) in [6.07, 6.45) is 0.126. The van der Waals surface area contributed by atoms with E-state index in [4.69, 9.17) is 4.74 Å².